The van der Waals surface area contributed by atoms with Crippen molar-refractivity contribution in [1.29, 1.82) is 0 Å². The Kier molecular flexibility index (Phi) is 5.79. The lowest BCUT2D eigenvalue weighted by Crippen LogP contribution is -2.30. The van der Waals surface area contributed by atoms with Crippen molar-refractivity contribution in [3.63, 3.8) is 0 Å². The third kappa shape index (κ3) is 3.96. The van der Waals surface area contributed by atoms with Crippen molar-refractivity contribution in [2.75, 3.05) is 12.0 Å². The van der Waals surface area contributed by atoms with Crippen LogP contribution in [0, 0.1) is 6.92 Å². The minimum absolute atomic E-state index is 0.121. The maximum Gasteiger partial charge on any atom is 0.174 e. The highest BCUT2D eigenvalue weighted by Gasteiger charge is 2.42. The molecule has 5 nitrogen and oxygen atoms in total. The van der Waals surface area contributed by atoms with Gasteiger partial charge in [-0.15, -0.1) is 0 Å². The molecule has 2 aromatic heterocycles. The van der Waals surface area contributed by atoms with Gasteiger partial charge in [-0.1, -0.05) is 17.7 Å². The monoisotopic (exact) mass is 474 g/mol. The van der Waals surface area contributed by atoms with Crippen LogP contribution in [0.5, 0.6) is 5.75 Å². The number of halogens is 1. The van der Waals surface area contributed by atoms with Gasteiger partial charge in [0.05, 0.1) is 18.8 Å². The third-order valence-corrected chi connectivity index (χ3v) is 6.51. The molecular weight excluding hydrogens is 452 g/mol. The smallest absolute Gasteiger partial charge is 0.174 e. The fraction of sp³-hybridized carbons (Fsp3) is 0.154. The molecule has 33 heavy (non-hydrogen) atoms. The first kappa shape index (κ1) is 21.5. The van der Waals surface area contributed by atoms with E-state index in [1.807, 2.05) is 60.8 Å². The van der Waals surface area contributed by atoms with E-state index in [1.54, 1.807) is 7.11 Å². The molecule has 0 amide bonds. The zero-order chi connectivity index (χ0) is 22.9. The van der Waals surface area contributed by atoms with E-state index in [0.29, 0.717) is 10.1 Å². The van der Waals surface area contributed by atoms with Gasteiger partial charge in [0.2, 0.25) is 0 Å². The van der Waals surface area contributed by atoms with Crippen LogP contribution in [-0.2, 0) is 0 Å². The van der Waals surface area contributed by atoms with Crippen LogP contribution in [0.15, 0.2) is 85.1 Å². The molecule has 1 aliphatic heterocycles. The van der Waals surface area contributed by atoms with Crippen LogP contribution in [0.3, 0.4) is 0 Å². The Morgan fingerprint density at radius 1 is 0.939 bits per heavy atom. The Balaban J connectivity index is 1.67. The molecule has 0 saturated carbocycles. The molecule has 1 N–H and O–H groups in total. The summed E-state index contributed by atoms with van der Waals surface area (Å²) < 4.78 is 7.62. The van der Waals surface area contributed by atoms with Crippen molar-refractivity contribution < 1.29 is 4.74 Å². The standard InChI is InChI=1S/C26H23ClN4OS/c1-17-6-15-23(30(17)19-11-13-21(32-2)14-12-19)25-24(22-5-3-4-16-28-22)29-26(33)31(25)20-9-7-18(27)8-10-20/h3-16,24-25H,1-2H3,(H,29,33)/t24-,25+/m1/s1. The van der Waals surface area contributed by atoms with Gasteiger partial charge >= 0.3 is 0 Å². The second-order valence-corrected chi connectivity index (χ2v) is 8.73. The topological polar surface area (TPSA) is 42.3 Å². The highest BCUT2D eigenvalue weighted by atomic mass is 35.5. The first-order valence-corrected chi connectivity index (χ1v) is 11.4. The number of nitrogens with zero attached hydrogens (tertiary/aromatic N) is 3. The minimum atomic E-state index is -0.124. The molecule has 0 aliphatic carbocycles. The van der Waals surface area contributed by atoms with Crippen LogP contribution < -0.4 is 15.0 Å². The predicted octanol–water partition coefficient (Wildman–Crippen LogP) is 6.02. The predicted molar refractivity (Wildman–Crippen MR) is 136 cm³/mol. The number of aryl methyl sites for hydroxylation is 1. The number of ether oxygens (including phenoxy) is 1. The van der Waals surface area contributed by atoms with E-state index in [0.717, 1.165) is 34.2 Å². The highest BCUT2D eigenvalue weighted by Crippen LogP contribution is 2.43. The number of pyridine rings is 1. The van der Waals surface area contributed by atoms with Crippen molar-refractivity contribution in [3.05, 3.63) is 107 Å². The normalized spacial score (nSPS) is 17.8. The van der Waals surface area contributed by atoms with Gasteiger partial charge in [-0.3, -0.25) is 4.98 Å². The number of rotatable bonds is 5. The summed E-state index contributed by atoms with van der Waals surface area (Å²) in [5, 5.41) is 4.85. The Labute approximate surface area is 203 Å². The number of anilines is 1. The Morgan fingerprint density at radius 2 is 1.67 bits per heavy atom. The Hall–Kier alpha value is -3.35. The lowest BCUT2D eigenvalue weighted by atomic mass is 10.0. The summed E-state index contributed by atoms with van der Waals surface area (Å²) in [6.07, 6.45) is 1.82. The first-order chi connectivity index (χ1) is 16.1. The average Bonchev–Trinajstić information content (AvgIpc) is 3.39. The fourth-order valence-corrected chi connectivity index (χ4v) is 4.88. The molecule has 0 spiro atoms. The highest BCUT2D eigenvalue weighted by molar-refractivity contribution is 7.80. The van der Waals surface area contributed by atoms with Crippen LogP contribution in [-0.4, -0.2) is 21.8 Å². The Bertz CT molecular complexity index is 1270. The fourth-order valence-electron chi connectivity index (χ4n) is 4.41. The zero-order valence-corrected chi connectivity index (χ0v) is 19.8. The molecular formula is C26H23ClN4OS. The van der Waals surface area contributed by atoms with Crippen LogP contribution in [0.25, 0.3) is 5.69 Å². The van der Waals surface area contributed by atoms with Gasteiger partial charge in [0.25, 0.3) is 0 Å². The summed E-state index contributed by atoms with van der Waals surface area (Å²) in [6, 6.07) is 25.9. The second kappa shape index (κ2) is 8.89. The van der Waals surface area contributed by atoms with Gasteiger partial charge in [-0.25, -0.2) is 0 Å². The summed E-state index contributed by atoms with van der Waals surface area (Å²) in [5.41, 5.74) is 5.20. The first-order valence-electron chi connectivity index (χ1n) is 10.7. The molecule has 3 heterocycles. The van der Waals surface area contributed by atoms with Crippen LogP contribution in [0.1, 0.15) is 29.2 Å². The molecule has 0 bridgehead atoms. The molecule has 0 unspecified atom stereocenters. The summed E-state index contributed by atoms with van der Waals surface area (Å²) in [4.78, 5) is 6.80. The number of thiocarbonyl (C=S) groups is 1. The van der Waals surface area contributed by atoms with Gasteiger partial charge in [0, 0.05) is 34.0 Å². The summed E-state index contributed by atoms with van der Waals surface area (Å²) in [5.74, 6) is 0.822. The maximum absolute atomic E-state index is 6.17. The van der Waals surface area contributed by atoms with Gasteiger partial charge < -0.3 is 19.5 Å². The molecule has 0 radical (unpaired) electrons. The molecule has 7 heteroatoms. The quantitative estimate of drug-likeness (QED) is 0.358. The number of methoxy groups -OCH3 is 1. The van der Waals surface area contributed by atoms with E-state index in [2.05, 4.69) is 51.0 Å². The number of hydrogen-bond donors (Lipinski definition) is 1. The van der Waals surface area contributed by atoms with E-state index in [9.17, 15) is 0 Å². The van der Waals surface area contributed by atoms with Crippen molar-refractivity contribution >= 4 is 34.6 Å². The third-order valence-electron chi connectivity index (χ3n) is 5.94. The van der Waals surface area contributed by atoms with E-state index in [4.69, 9.17) is 28.6 Å². The Morgan fingerprint density at radius 3 is 2.33 bits per heavy atom. The van der Waals surface area contributed by atoms with E-state index < -0.39 is 0 Å². The summed E-state index contributed by atoms with van der Waals surface area (Å²) >= 11 is 12.0. The minimum Gasteiger partial charge on any atom is -0.497 e. The van der Waals surface area contributed by atoms with Crippen LogP contribution >= 0.6 is 23.8 Å². The second-order valence-electron chi connectivity index (χ2n) is 7.91. The lowest BCUT2D eigenvalue weighted by Gasteiger charge is -2.29. The maximum atomic E-state index is 6.17. The average molecular weight is 475 g/mol. The van der Waals surface area contributed by atoms with Gasteiger partial charge in [0.15, 0.2) is 5.11 Å². The molecule has 1 fully saturated rings. The number of hydrogen-bond acceptors (Lipinski definition) is 3. The van der Waals surface area contributed by atoms with Crippen molar-refractivity contribution in [2.24, 2.45) is 0 Å². The van der Waals surface area contributed by atoms with Crippen molar-refractivity contribution in [3.8, 4) is 11.4 Å². The summed E-state index contributed by atoms with van der Waals surface area (Å²) in [7, 11) is 1.67. The molecule has 2 aromatic carbocycles. The SMILES string of the molecule is COc1ccc(-n2c(C)ccc2[C@H]2[C@@H](c3ccccn3)NC(=S)N2c2ccc(Cl)cc2)cc1. The lowest BCUT2D eigenvalue weighted by molar-refractivity contribution is 0.414. The zero-order valence-electron chi connectivity index (χ0n) is 18.3. The molecule has 1 saturated heterocycles. The number of aromatic nitrogens is 2. The van der Waals surface area contributed by atoms with Gasteiger partial charge in [-0.2, -0.15) is 0 Å². The number of benzene rings is 2. The van der Waals surface area contributed by atoms with Crippen molar-refractivity contribution in [1.82, 2.24) is 14.9 Å². The molecule has 2 atom stereocenters. The molecule has 5 rings (SSSR count). The van der Waals surface area contributed by atoms with E-state index in [-0.39, 0.29) is 12.1 Å². The van der Waals surface area contributed by atoms with Crippen molar-refractivity contribution in [2.45, 2.75) is 19.0 Å². The van der Waals surface area contributed by atoms with Crippen LogP contribution in [0.2, 0.25) is 5.02 Å². The molecule has 166 valence electrons. The number of nitrogens with one attached hydrogen (secondary N) is 1. The van der Waals surface area contributed by atoms with E-state index in [1.165, 1.54) is 0 Å². The molecule has 1 aliphatic rings. The summed E-state index contributed by atoms with van der Waals surface area (Å²) in [6.45, 7) is 2.11. The van der Waals surface area contributed by atoms with Gasteiger partial charge in [0.1, 0.15) is 11.8 Å². The molecule has 4 aromatic rings. The van der Waals surface area contributed by atoms with Crippen LogP contribution in [0.4, 0.5) is 5.69 Å². The van der Waals surface area contributed by atoms with Gasteiger partial charge in [-0.05, 0) is 91.9 Å². The largest absolute Gasteiger partial charge is 0.497 e. The van der Waals surface area contributed by atoms with E-state index >= 15 is 0 Å².